The molecule has 7 heteroatoms. The number of piperidine rings is 1. The van der Waals surface area contributed by atoms with Crippen molar-refractivity contribution in [1.29, 1.82) is 0 Å². The average Bonchev–Trinajstić information content (AvgIpc) is 2.84. The summed E-state index contributed by atoms with van der Waals surface area (Å²) in [5.74, 6) is 0.322. The van der Waals surface area contributed by atoms with Crippen LogP contribution >= 0.6 is 0 Å². The third-order valence-corrected chi connectivity index (χ3v) is 6.43. The smallest absolute Gasteiger partial charge is 0.252 e. The lowest BCUT2D eigenvalue weighted by molar-refractivity contribution is -0.150. The molecule has 2 saturated heterocycles. The highest BCUT2D eigenvalue weighted by atomic mass is 16.5. The van der Waals surface area contributed by atoms with E-state index in [0.29, 0.717) is 44.3 Å². The molecule has 2 aliphatic rings. The van der Waals surface area contributed by atoms with Gasteiger partial charge in [-0.1, -0.05) is 30.3 Å². The van der Waals surface area contributed by atoms with E-state index >= 15 is 0 Å². The first-order valence-corrected chi connectivity index (χ1v) is 11.4. The highest BCUT2D eigenvalue weighted by Crippen LogP contribution is 2.37. The first kappa shape index (κ1) is 22.4. The number of carbonyl (C=O) groups is 2. The van der Waals surface area contributed by atoms with Gasteiger partial charge in [-0.05, 0) is 49.3 Å². The van der Waals surface area contributed by atoms with Crippen LogP contribution < -0.4 is 5.32 Å². The lowest BCUT2D eigenvalue weighted by atomic mass is 9.79. The standard InChI is InChI=1S/C25H31N3O4/c29-23(19-31-18-20-5-2-1-3-6-20)28-12-9-25(10-13-28)15-21(8-14-32-25)16-27-24(30)22-7-4-11-26-17-22/h1-7,11,17,21H,8-10,12-16,18-19H2,(H,27,30). The summed E-state index contributed by atoms with van der Waals surface area (Å²) in [6.07, 6.45) is 6.73. The molecule has 2 aliphatic heterocycles. The van der Waals surface area contributed by atoms with Gasteiger partial charge in [-0.25, -0.2) is 0 Å². The van der Waals surface area contributed by atoms with Gasteiger partial charge < -0.3 is 19.7 Å². The molecule has 1 N–H and O–H groups in total. The molecular formula is C25H31N3O4. The van der Waals surface area contributed by atoms with Crippen LogP contribution in [0.5, 0.6) is 0 Å². The second kappa shape index (κ2) is 10.7. The van der Waals surface area contributed by atoms with E-state index in [9.17, 15) is 9.59 Å². The molecule has 2 fully saturated rings. The van der Waals surface area contributed by atoms with Gasteiger partial charge >= 0.3 is 0 Å². The molecule has 2 aromatic rings. The van der Waals surface area contributed by atoms with Crippen LogP contribution in [0.4, 0.5) is 0 Å². The number of rotatable bonds is 7. The average molecular weight is 438 g/mol. The van der Waals surface area contributed by atoms with Crippen LogP contribution in [0.2, 0.25) is 0 Å². The zero-order valence-electron chi connectivity index (χ0n) is 18.4. The Labute approximate surface area is 189 Å². The van der Waals surface area contributed by atoms with Gasteiger partial charge in [-0.2, -0.15) is 0 Å². The van der Waals surface area contributed by atoms with Crippen molar-refractivity contribution < 1.29 is 19.1 Å². The summed E-state index contributed by atoms with van der Waals surface area (Å²) in [5, 5.41) is 3.04. The fraction of sp³-hybridized carbons (Fsp3) is 0.480. The zero-order valence-corrected chi connectivity index (χ0v) is 18.4. The van der Waals surface area contributed by atoms with Crippen molar-refractivity contribution in [3.8, 4) is 0 Å². The molecule has 1 spiro atoms. The van der Waals surface area contributed by atoms with Crippen LogP contribution in [0.1, 0.15) is 41.6 Å². The molecule has 170 valence electrons. The largest absolute Gasteiger partial charge is 0.375 e. The number of aromatic nitrogens is 1. The molecule has 0 saturated carbocycles. The number of ether oxygens (including phenoxy) is 2. The van der Waals surface area contributed by atoms with E-state index in [-0.39, 0.29) is 24.0 Å². The van der Waals surface area contributed by atoms with E-state index in [2.05, 4.69) is 10.3 Å². The van der Waals surface area contributed by atoms with Crippen molar-refractivity contribution in [2.75, 3.05) is 32.8 Å². The Morgan fingerprint density at radius 3 is 2.72 bits per heavy atom. The normalized spacial score (nSPS) is 20.1. The molecule has 32 heavy (non-hydrogen) atoms. The minimum Gasteiger partial charge on any atom is -0.375 e. The number of amides is 2. The monoisotopic (exact) mass is 437 g/mol. The molecule has 7 nitrogen and oxygen atoms in total. The first-order chi connectivity index (χ1) is 15.6. The summed E-state index contributed by atoms with van der Waals surface area (Å²) in [4.78, 5) is 30.7. The minimum atomic E-state index is -0.191. The van der Waals surface area contributed by atoms with Crippen LogP contribution in [-0.4, -0.2) is 60.1 Å². The van der Waals surface area contributed by atoms with E-state index in [1.54, 1.807) is 24.5 Å². The number of pyridine rings is 1. The maximum absolute atomic E-state index is 12.5. The molecule has 1 atom stereocenters. The SMILES string of the molecule is O=C(NCC1CCOC2(CCN(C(=O)COCc3ccccc3)CC2)C1)c1cccnc1. The summed E-state index contributed by atoms with van der Waals surface area (Å²) < 4.78 is 11.8. The third kappa shape index (κ3) is 5.93. The summed E-state index contributed by atoms with van der Waals surface area (Å²) in [6.45, 7) is 3.24. The van der Waals surface area contributed by atoms with Crippen LogP contribution in [0.3, 0.4) is 0 Å². The zero-order chi connectivity index (χ0) is 22.2. The van der Waals surface area contributed by atoms with Crippen LogP contribution in [0, 0.1) is 5.92 Å². The number of hydrogen-bond acceptors (Lipinski definition) is 5. The van der Waals surface area contributed by atoms with Crippen molar-refractivity contribution in [3.05, 3.63) is 66.0 Å². The second-order valence-electron chi connectivity index (χ2n) is 8.70. The number of benzene rings is 1. The highest BCUT2D eigenvalue weighted by Gasteiger charge is 2.41. The third-order valence-electron chi connectivity index (χ3n) is 6.43. The van der Waals surface area contributed by atoms with Crippen LogP contribution in [0.15, 0.2) is 54.9 Å². The van der Waals surface area contributed by atoms with Gasteiger partial charge in [0, 0.05) is 38.6 Å². The number of nitrogens with zero attached hydrogens (tertiary/aromatic N) is 2. The topological polar surface area (TPSA) is 80.8 Å². The molecule has 2 amide bonds. The number of nitrogens with one attached hydrogen (secondary N) is 1. The number of likely N-dealkylation sites (tertiary alicyclic amines) is 1. The Morgan fingerprint density at radius 2 is 1.97 bits per heavy atom. The van der Waals surface area contributed by atoms with E-state index in [0.717, 1.165) is 31.2 Å². The Bertz CT molecular complexity index is 883. The van der Waals surface area contributed by atoms with Gasteiger partial charge in [0.05, 0.1) is 17.8 Å². The van der Waals surface area contributed by atoms with Gasteiger partial charge in [-0.15, -0.1) is 0 Å². The first-order valence-electron chi connectivity index (χ1n) is 11.4. The van der Waals surface area contributed by atoms with Gasteiger partial charge in [0.2, 0.25) is 5.91 Å². The highest BCUT2D eigenvalue weighted by molar-refractivity contribution is 5.93. The lowest BCUT2D eigenvalue weighted by Crippen LogP contribution is -2.52. The second-order valence-corrected chi connectivity index (χ2v) is 8.70. The van der Waals surface area contributed by atoms with Gasteiger partial charge in [0.15, 0.2) is 0 Å². The Kier molecular flexibility index (Phi) is 7.50. The number of hydrogen-bond donors (Lipinski definition) is 1. The van der Waals surface area contributed by atoms with Crippen LogP contribution in [-0.2, 0) is 20.9 Å². The molecule has 4 rings (SSSR count). The Balaban J connectivity index is 1.20. The Hall–Kier alpha value is -2.77. The van der Waals surface area contributed by atoms with E-state index in [1.807, 2.05) is 35.2 Å². The number of carbonyl (C=O) groups excluding carboxylic acids is 2. The van der Waals surface area contributed by atoms with E-state index < -0.39 is 0 Å². The van der Waals surface area contributed by atoms with Crippen molar-refractivity contribution in [1.82, 2.24) is 15.2 Å². The minimum absolute atomic E-state index is 0.0341. The quantitative estimate of drug-likeness (QED) is 0.721. The summed E-state index contributed by atoms with van der Waals surface area (Å²) in [5.41, 5.74) is 1.45. The molecular weight excluding hydrogens is 406 g/mol. The van der Waals surface area contributed by atoms with Crippen LogP contribution in [0.25, 0.3) is 0 Å². The fourth-order valence-electron chi connectivity index (χ4n) is 4.57. The Morgan fingerprint density at radius 1 is 1.16 bits per heavy atom. The van der Waals surface area contributed by atoms with Gasteiger partial charge in [-0.3, -0.25) is 14.6 Å². The predicted molar refractivity (Wildman–Crippen MR) is 120 cm³/mol. The van der Waals surface area contributed by atoms with Crippen molar-refractivity contribution >= 4 is 11.8 Å². The molecule has 0 aliphatic carbocycles. The molecule has 1 unspecified atom stereocenters. The van der Waals surface area contributed by atoms with Gasteiger partial charge in [0.1, 0.15) is 6.61 Å². The maximum atomic E-state index is 12.5. The van der Waals surface area contributed by atoms with Gasteiger partial charge in [0.25, 0.3) is 5.91 Å². The predicted octanol–water partition coefficient (Wildman–Crippen LogP) is 2.82. The summed E-state index contributed by atoms with van der Waals surface area (Å²) >= 11 is 0. The van der Waals surface area contributed by atoms with E-state index in [4.69, 9.17) is 9.47 Å². The van der Waals surface area contributed by atoms with E-state index in [1.165, 1.54) is 0 Å². The van der Waals surface area contributed by atoms with Crippen molar-refractivity contribution in [2.45, 2.75) is 37.9 Å². The summed E-state index contributed by atoms with van der Waals surface area (Å²) in [7, 11) is 0. The molecule has 3 heterocycles. The molecule has 1 aromatic carbocycles. The fourth-order valence-corrected chi connectivity index (χ4v) is 4.57. The summed E-state index contributed by atoms with van der Waals surface area (Å²) in [6, 6.07) is 13.4. The maximum Gasteiger partial charge on any atom is 0.252 e. The lowest BCUT2D eigenvalue weighted by Gasteiger charge is -2.46. The molecule has 0 radical (unpaired) electrons. The molecule has 1 aromatic heterocycles. The van der Waals surface area contributed by atoms with Crippen molar-refractivity contribution in [2.24, 2.45) is 5.92 Å². The molecule has 0 bridgehead atoms. The van der Waals surface area contributed by atoms with Crippen molar-refractivity contribution in [3.63, 3.8) is 0 Å².